The van der Waals surface area contributed by atoms with Gasteiger partial charge in [0.15, 0.2) is 0 Å². The number of pyridine rings is 1. The molecule has 0 aliphatic heterocycles. The van der Waals surface area contributed by atoms with Gasteiger partial charge in [-0.05, 0) is 25.3 Å². The third-order valence-corrected chi connectivity index (χ3v) is 3.07. The molecular weight excluding hydrogens is 190 g/mol. The van der Waals surface area contributed by atoms with Crippen molar-refractivity contribution in [1.29, 1.82) is 0 Å². The predicted octanol–water partition coefficient (Wildman–Crippen LogP) is 1.64. The van der Waals surface area contributed by atoms with Gasteiger partial charge in [0.1, 0.15) is 0 Å². The molecule has 0 aromatic carbocycles. The summed E-state index contributed by atoms with van der Waals surface area (Å²) in [5.41, 5.74) is 7.31. The summed E-state index contributed by atoms with van der Waals surface area (Å²) < 4.78 is 5.51. The number of nitrogen functional groups attached to an aromatic ring is 1. The van der Waals surface area contributed by atoms with Crippen molar-refractivity contribution in [3.63, 3.8) is 0 Å². The van der Waals surface area contributed by atoms with Crippen LogP contribution in [-0.4, -0.2) is 24.2 Å². The smallest absolute Gasteiger partial charge is 0.0850 e. The van der Waals surface area contributed by atoms with Gasteiger partial charge in [-0.2, -0.15) is 0 Å². The Labute approximate surface area is 89.8 Å². The maximum atomic E-state index is 5.64. The number of hydrogen-bond donors (Lipinski definition) is 2. The van der Waals surface area contributed by atoms with Crippen LogP contribution in [0.4, 0.5) is 11.4 Å². The van der Waals surface area contributed by atoms with E-state index in [4.69, 9.17) is 10.5 Å². The molecule has 15 heavy (non-hydrogen) atoms. The summed E-state index contributed by atoms with van der Waals surface area (Å²) in [6.45, 7) is 0.828. The summed E-state index contributed by atoms with van der Waals surface area (Å²) in [5, 5.41) is 3.31. The van der Waals surface area contributed by atoms with Crippen LogP contribution in [-0.2, 0) is 4.74 Å². The molecule has 4 heteroatoms. The highest BCUT2D eigenvalue weighted by molar-refractivity contribution is 5.51. The van der Waals surface area contributed by atoms with Crippen molar-refractivity contribution in [1.82, 2.24) is 4.98 Å². The Bertz CT molecular complexity index is 331. The van der Waals surface area contributed by atoms with E-state index in [2.05, 4.69) is 10.3 Å². The van der Waals surface area contributed by atoms with Crippen molar-refractivity contribution in [3.05, 3.63) is 18.5 Å². The number of nitrogens with zero attached hydrogens (tertiary/aromatic N) is 1. The molecule has 0 bridgehead atoms. The monoisotopic (exact) mass is 207 g/mol. The molecule has 1 aliphatic rings. The molecule has 1 saturated carbocycles. The van der Waals surface area contributed by atoms with Gasteiger partial charge in [-0.1, -0.05) is 0 Å². The zero-order valence-electron chi connectivity index (χ0n) is 8.99. The van der Waals surface area contributed by atoms with E-state index in [-0.39, 0.29) is 5.60 Å². The number of ether oxygens (including phenoxy) is 1. The minimum atomic E-state index is 0.0323. The van der Waals surface area contributed by atoms with Gasteiger partial charge >= 0.3 is 0 Å². The third-order valence-electron chi connectivity index (χ3n) is 3.07. The summed E-state index contributed by atoms with van der Waals surface area (Å²) in [6.07, 6.45) is 6.93. The molecule has 1 aliphatic carbocycles. The third kappa shape index (κ3) is 2.21. The average molecular weight is 207 g/mol. The summed E-state index contributed by atoms with van der Waals surface area (Å²) in [7, 11) is 1.78. The number of hydrogen-bond acceptors (Lipinski definition) is 4. The quantitative estimate of drug-likeness (QED) is 0.788. The Morgan fingerprint density at radius 2 is 2.33 bits per heavy atom. The fourth-order valence-electron chi connectivity index (χ4n) is 1.84. The number of rotatable bonds is 4. The standard InChI is InChI=1S/C11H17N3O/c1-15-11(3-2-4-11)8-14-10-5-9(12)6-13-7-10/h5-7,14H,2-4,8,12H2,1H3. The van der Waals surface area contributed by atoms with Gasteiger partial charge in [0.05, 0.1) is 23.2 Å². The normalized spacial score (nSPS) is 18.2. The average Bonchev–Trinajstić information content (AvgIpc) is 2.17. The lowest BCUT2D eigenvalue weighted by molar-refractivity contribution is -0.0601. The van der Waals surface area contributed by atoms with E-state index in [1.807, 2.05) is 6.07 Å². The molecule has 1 aromatic rings. The van der Waals surface area contributed by atoms with Crippen LogP contribution in [0.2, 0.25) is 0 Å². The molecule has 1 aromatic heterocycles. The van der Waals surface area contributed by atoms with Gasteiger partial charge in [0.2, 0.25) is 0 Å². The minimum Gasteiger partial charge on any atom is -0.397 e. The lowest BCUT2D eigenvalue weighted by Gasteiger charge is -2.40. The Morgan fingerprint density at radius 1 is 1.53 bits per heavy atom. The number of methoxy groups -OCH3 is 1. The van der Waals surface area contributed by atoms with Crippen LogP contribution in [0.15, 0.2) is 18.5 Å². The second kappa shape index (κ2) is 4.06. The van der Waals surface area contributed by atoms with Crippen LogP contribution in [0.3, 0.4) is 0 Å². The molecule has 4 nitrogen and oxygen atoms in total. The first-order valence-electron chi connectivity index (χ1n) is 5.24. The minimum absolute atomic E-state index is 0.0323. The first-order valence-corrected chi connectivity index (χ1v) is 5.24. The molecule has 0 atom stereocenters. The Morgan fingerprint density at radius 3 is 2.87 bits per heavy atom. The number of anilines is 2. The van der Waals surface area contributed by atoms with Crippen LogP contribution >= 0.6 is 0 Å². The van der Waals surface area contributed by atoms with Crippen LogP contribution in [0, 0.1) is 0 Å². The highest BCUT2D eigenvalue weighted by Crippen LogP contribution is 2.35. The molecule has 1 fully saturated rings. The topological polar surface area (TPSA) is 60.2 Å². The number of nitrogens with one attached hydrogen (secondary N) is 1. The van der Waals surface area contributed by atoms with Crippen molar-refractivity contribution in [2.45, 2.75) is 24.9 Å². The van der Waals surface area contributed by atoms with Gasteiger partial charge < -0.3 is 15.8 Å². The van der Waals surface area contributed by atoms with E-state index in [9.17, 15) is 0 Å². The fourth-order valence-corrected chi connectivity index (χ4v) is 1.84. The molecule has 0 amide bonds. The molecular formula is C11H17N3O. The van der Waals surface area contributed by atoms with Crippen LogP contribution in [0.25, 0.3) is 0 Å². The maximum Gasteiger partial charge on any atom is 0.0850 e. The Hall–Kier alpha value is -1.29. The van der Waals surface area contributed by atoms with Crippen LogP contribution < -0.4 is 11.1 Å². The van der Waals surface area contributed by atoms with Crippen molar-refractivity contribution in [2.24, 2.45) is 0 Å². The molecule has 1 heterocycles. The van der Waals surface area contributed by atoms with Gasteiger partial charge in [0.25, 0.3) is 0 Å². The molecule has 0 spiro atoms. The van der Waals surface area contributed by atoms with E-state index in [1.165, 1.54) is 6.42 Å². The van der Waals surface area contributed by atoms with Crippen molar-refractivity contribution in [3.8, 4) is 0 Å². The van der Waals surface area contributed by atoms with Gasteiger partial charge in [-0.3, -0.25) is 4.98 Å². The molecule has 3 N–H and O–H groups in total. The van der Waals surface area contributed by atoms with Crippen molar-refractivity contribution in [2.75, 3.05) is 24.7 Å². The van der Waals surface area contributed by atoms with Crippen LogP contribution in [0.1, 0.15) is 19.3 Å². The highest BCUT2D eigenvalue weighted by Gasteiger charge is 2.36. The van der Waals surface area contributed by atoms with E-state index in [0.717, 1.165) is 25.1 Å². The zero-order valence-corrected chi connectivity index (χ0v) is 8.99. The molecule has 2 rings (SSSR count). The van der Waals surface area contributed by atoms with Gasteiger partial charge in [-0.25, -0.2) is 0 Å². The number of aromatic nitrogens is 1. The predicted molar refractivity (Wildman–Crippen MR) is 60.7 cm³/mol. The lowest BCUT2D eigenvalue weighted by Crippen LogP contribution is -2.45. The van der Waals surface area contributed by atoms with Gasteiger partial charge in [-0.15, -0.1) is 0 Å². The summed E-state index contributed by atoms with van der Waals surface area (Å²) >= 11 is 0. The maximum absolute atomic E-state index is 5.64. The van der Waals surface area contributed by atoms with Crippen molar-refractivity contribution < 1.29 is 4.74 Å². The zero-order chi connectivity index (χ0) is 10.7. The molecule has 0 saturated heterocycles. The molecule has 82 valence electrons. The largest absolute Gasteiger partial charge is 0.397 e. The molecule has 0 unspecified atom stereocenters. The van der Waals surface area contributed by atoms with E-state index >= 15 is 0 Å². The Balaban J connectivity index is 1.92. The highest BCUT2D eigenvalue weighted by atomic mass is 16.5. The van der Waals surface area contributed by atoms with E-state index in [0.29, 0.717) is 5.69 Å². The Kier molecular flexibility index (Phi) is 2.77. The second-order valence-corrected chi connectivity index (χ2v) is 4.10. The molecule has 0 radical (unpaired) electrons. The lowest BCUT2D eigenvalue weighted by atomic mass is 9.80. The summed E-state index contributed by atoms with van der Waals surface area (Å²) in [6, 6.07) is 1.88. The summed E-state index contributed by atoms with van der Waals surface area (Å²) in [5.74, 6) is 0. The first kappa shape index (κ1) is 10.2. The van der Waals surface area contributed by atoms with E-state index < -0.39 is 0 Å². The first-order chi connectivity index (χ1) is 7.24. The fraction of sp³-hybridized carbons (Fsp3) is 0.545. The van der Waals surface area contributed by atoms with Gasteiger partial charge in [0, 0.05) is 19.9 Å². The number of nitrogens with two attached hydrogens (primary N) is 1. The van der Waals surface area contributed by atoms with Crippen LogP contribution in [0.5, 0.6) is 0 Å². The van der Waals surface area contributed by atoms with Crippen molar-refractivity contribution >= 4 is 11.4 Å². The van der Waals surface area contributed by atoms with E-state index in [1.54, 1.807) is 19.5 Å². The summed E-state index contributed by atoms with van der Waals surface area (Å²) in [4.78, 5) is 4.03. The second-order valence-electron chi connectivity index (χ2n) is 4.10. The SMILES string of the molecule is COC1(CNc2cncc(N)c2)CCC1.